The van der Waals surface area contributed by atoms with Crippen LogP contribution >= 0.6 is 0 Å². The fourth-order valence-corrected chi connectivity index (χ4v) is 4.84. The summed E-state index contributed by atoms with van der Waals surface area (Å²) in [5.41, 5.74) is 0. The third-order valence-corrected chi connectivity index (χ3v) is 7.81. The van der Waals surface area contributed by atoms with E-state index in [2.05, 4.69) is 6.92 Å². The first kappa shape index (κ1) is 44.8. The van der Waals surface area contributed by atoms with E-state index in [4.69, 9.17) is 51.6 Å². The predicted molar refractivity (Wildman–Crippen MR) is 181 cm³/mol. The van der Waals surface area contributed by atoms with Crippen molar-refractivity contribution in [1.29, 1.82) is 0 Å². The van der Waals surface area contributed by atoms with E-state index in [0.29, 0.717) is 119 Å². The first-order valence-electron chi connectivity index (χ1n) is 17.4. The van der Waals surface area contributed by atoms with Gasteiger partial charge in [0.1, 0.15) is 0 Å². The molecule has 0 N–H and O–H groups in total. The van der Waals surface area contributed by atoms with Gasteiger partial charge in [-0.2, -0.15) is 8.42 Å². The van der Waals surface area contributed by atoms with Gasteiger partial charge in [0.15, 0.2) is 0 Å². The molecule has 1 rings (SSSR count). The van der Waals surface area contributed by atoms with Gasteiger partial charge in [-0.3, -0.25) is 4.18 Å². The minimum Gasteiger partial charge on any atom is -0.379 e. The highest BCUT2D eigenvalue weighted by Gasteiger charge is 2.13. The second-order valence-corrected chi connectivity index (χ2v) is 12.1. The average molecular weight is 711 g/mol. The third-order valence-electron chi connectivity index (χ3n) is 6.49. The van der Waals surface area contributed by atoms with Gasteiger partial charge in [-0.25, -0.2) is 0 Å². The molecule has 0 radical (unpaired) electrons. The summed E-state index contributed by atoms with van der Waals surface area (Å²) < 4.78 is 83.6. The lowest BCUT2D eigenvalue weighted by molar-refractivity contribution is -0.0267. The van der Waals surface area contributed by atoms with Crippen LogP contribution in [0.3, 0.4) is 0 Å². The number of hydrogen-bond acceptors (Lipinski definition) is 13. The molecule has 0 unspecified atom stereocenters. The van der Waals surface area contributed by atoms with E-state index >= 15 is 0 Å². The quantitative estimate of drug-likeness (QED) is 0.0722. The predicted octanol–water partition coefficient (Wildman–Crippen LogP) is 3.92. The molecular formula is C34H62O13S. The van der Waals surface area contributed by atoms with Crippen LogP contribution in [0.15, 0.2) is 35.2 Å². The monoisotopic (exact) mass is 710 g/mol. The Morgan fingerprint density at radius 3 is 1.02 bits per heavy atom. The Kier molecular flexibility index (Phi) is 33.1. The van der Waals surface area contributed by atoms with E-state index in [1.54, 1.807) is 18.2 Å². The van der Waals surface area contributed by atoms with Crippen LogP contribution in [-0.2, 0) is 61.7 Å². The molecule has 13 nitrogen and oxygen atoms in total. The minimum absolute atomic E-state index is 0.0558. The van der Waals surface area contributed by atoms with Gasteiger partial charge in [-0.05, 0) is 18.6 Å². The summed E-state index contributed by atoms with van der Waals surface area (Å²) >= 11 is 0. The van der Waals surface area contributed by atoms with Crippen LogP contribution in [0, 0.1) is 0 Å². The fourth-order valence-electron chi connectivity index (χ4n) is 3.92. The zero-order valence-corrected chi connectivity index (χ0v) is 30.0. The lowest BCUT2D eigenvalue weighted by atomic mass is 10.1. The summed E-state index contributed by atoms with van der Waals surface area (Å²) in [6, 6.07) is 7.99. The molecule has 0 aliphatic heterocycles. The zero-order valence-electron chi connectivity index (χ0n) is 29.2. The van der Waals surface area contributed by atoms with Crippen molar-refractivity contribution in [3.63, 3.8) is 0 Å². The largest absolute Gasteiger partial charge is 0.379 e. The normalized spacial score (nSPS) is 11.9. The Balaban J connectivity index is 1.65. The van der Waals surface area contributed by atoms with Crippen LogP contribution in [0.2, 0.25) is 0 Å². The van der Waals surface area contributed by atoms with Crippen LogP contribution in [0.25, 0.3) is 0 Å². The highest BCUT2D eigenvalue weighted by atomic mass is 32.2. The Bertz CT molecular complexity index is 877. The van der Waals surface area contributed by atoms with Crippen molar-refractivity contribution in [3.8, 4) is 0 Å². The van der Waals surface area contributed by atoms with E-state index < -0.39 is 10.1 Å². The highest BCUT2D eigenvalue weighted by molar-refractivity contribution is 7.86. The molecule has 0 amide bonds. The summed E-state index contributed by atoms with van der Waals surface area (Å²) in [6.07, 6.45) is 7.64. The van der Waals surface area contributed by atoms with E-state index in [9.17, 15) is 8.42 Å². The second kappa shape index (κ2) is 35.6. The Morgan fingerprint density at radius 2 is 0.667 bits per heavy atom. The lowest BCUT2D eigenvalue weighted by Crippen LogP contribution is -2.15. The van der Waals surface area contributed by atoms with Gasteiger partial charge in [0.25, 0.3) is 10.1 Å². The maximum absolute atomic E-state index is 12.0. The molecule has 0 aromatic heterocycles. The number of benzene rings is 1. The topological polar surface area (TPSA) is 136 Å². The Hall–Kier alpha value is -1.27. The first-order valence-corrected chi connectivity index (χ1v) is 18.8. The molecule has 0 bridgehead atoms. The van der Waals surface area contributed by atoms with E-state index in [1.165, 1.54) is 44.2 Å². The molecule has 14 heteroatoms. The first-order chi connectivity index (χ1) is 23.7. The van der Waals surface area contributed by atoms with E-state index in [1.807, 2.05) is 0 Å². The summed E-state index contributed by atoms with van der Waals surface area (Å²) in [4.78, 5) is 0.123. The number of ether oxygens (including phenoxy) is 10. The van der Waals surface area contributed by atoms with Crippen molar-refractivity contribution in [3.05, 3.63) is 30.3 Å². The summed E-state index contributed by atoms with van der Waals surface area (Å²) in [7, 11) is -3.76. The fraction of sp³-hybridized carbons (Fsp3) is 0.824. The average Bonchev–Trinajstić information content (AvgIpc) is 3.10. The van der Waals surface area contributed by atoms with Gasteiger partial charge in [-0.15, -0.1) is 0 Å². The third kappa shape index (κ3) is 30.8. The Labute approximate surface area is 289 Å². The van der Waals surface area contributed by atoms with Gasteiger partial charge in [0.05, 0.1) is 137 Å². The van der Waals surface area contributed by atoms with Crippen LogP contribution in [0.5, 0.6) is 0 Å². The van der Waals surface area contributed by atoms with Crippen molar-refractivity contribution in [2.45, 2.75) is 50.3 Å². The minimum atomic E-state index is -3.76. The van der Waals surface area contributed by atoms with Crippen LogP contribution in [0.1, 0.15) is 45.4 Å². The summed E-state index contributed by atoms with van der Waals surface area (Å²) in [5.74, 6) is 0. The number of unbranched alkanes of at least 4 members (excludes halogenated alkanes) is 5. The molecular weight excluding hydrogens is 648 g/mol. The van der Waals surface area contributed by atoms with Gasteiger partial charge in [0.2, 0.25) is 0 Å². The van der Waals surface area contributed by atoms with Gasteiger partial charge >= 0.3 is 0 Å². The molecule has 1 aromatic carbocycles. The van der Waals surface area contributed by atoms with Crippen molar-refractivity contribution in [1.82, 2.24) is 0 Å². The van der Waals surface area contributed by atoms with Crippen LogP contribution in [0.4, 0.5) is 0 Å². The van der Waals surface area contributed by atoms with Crippen molar-refractivity contribution in [2.75, 3.05) is 139 Å². The van der Waals surface area contributed by atoms with E-state index in [-0.39, 0.29) is 18.1 Å². The smallest absolute Gasteiger partial charge is 0.297 e. The molecule has 0 heterocycles. The number of hydrogen-bond donors (Lipinski definition) is 0. The number of rotatable bonds is 39. The molecule has 48 heavy (non-hydrogen) atoms. The lowest BCUT2D eigenvalue weighted by Gasteiger charge is -2.09. The van der Waals surface area contributed by atoms with Crippen LogP contribution < -0.4 is 0 Å². The maximum Gasteiger partial charge on any atom is 0.297 e. The Morgan fingerprint density at radius 1 is 0.375 bits per heavy atom. The SMILES string of the molecule is CCCCCCCCOCCOCCOCCOCCOCCOCCOCCOCCOCCOCCOS(=O)(=O)c1ccccc1. The molecule has 0 aliphatic carbocycles. The maximum atomic E-state index is 12.0. The molecule has 0 fully saturated rings. The second-order valence-electron chi connectivity index (χ2n) is 10.5. The standard InChI is InChI=1S/C34H62O13S/c1-2-3-4-5-6-10-13-37-14-15-38-16-17-39-18-19-40-20-21-41-22-23-42-24-25-43-26-27-44-28-29-45-30-31-46-32-33-47-48(35,36)34-11-8-7-9-12-34/h7-9,11-12H,2-6,10,13-33H2,1H3. The molecule has 0 saturated carbocycles. The molecule has 0 atom stereocenters. The zero-order chi connectivity index (χ0) is 34.5. The van der Waals surface area contributed by atoms with Gasteiger partial charge in [0, 0.05) is 6.61 Å². The van der Waals surface area contributed by atoms with Crippen LogP contribution in [-0.4, -0.2) is 147 Å². The van der Waals surface area contributed by atoms with Crippen molar-refractivity contribution >= 4 is 10.1 Å². The van der Waals surface area contributed by atoms with Crippen molar-refractivity contribution < 1.29 is 60.0 Å². The van der Waals surface area contributed by atoms with Crippen molar-refractivity contribution in [2.24, 2.45) is 0 Å². The molecule has 282 valence electrons. The molecule has 0 spiro atoms. The summed E-state index contributed by atoms with van der Waals surface area (Å²) in [5, 5.41) is 0. The van der Waals surface area contributed by atoms with Gasteiger partial charge < -0.3 is 47.4 Å². The molecule has 1 aromatic rings. The van der Waals surface area contributed by atoms with Gasteiger partial charge in [-0.1, -0.05) is 57.2 Å². The molecule has 0 aliphatic rings. The molecule has 0 saturated heterocycles. The highest BCUT2D eigenvalue weighted by Crippen LogP contribution is 2.10. The van der Waals surface area contributed by atoms with E-state index in [0.717, 1.165) is 13.0 Å². The summed E-state index contributed by atoms with van der Waals surface area (Å²) in [6.45, 7) is 12.0.